The molecule has 3 aromatic rings. The monoisotopic (exact) mass is 378 g/mol. The van der Waals surface area contributed by atoms with Crippen LogP contribution in [0.4, 0.5) is 5.69 Å². The molecule has 28 heavy (non-hydrogen) atoms. The summed E-state index contributed by atoms with van der Waals surface area (Å²) < 4.78 is 12.2. The van der Waals surface area contributed by atoms with Crippen LogP contribution in [-0.4, -0.2) is 30.5 Å². The van der Waals surface area contributed by atoms with E-state index in [0.717, 1.165) is 5.56 Å². The molecule has 6 nitrogen and oxygen atoms in total. The first-order chi connectivity index (χ1) is 13.5. The maximum Gasteiger partial charge on any atom is 0.298 e. The number of amides is 1. The smallest absolute Gasteiger partial charge is 0.298 e. The van der Waals surface area contributed by atoms with E-state index >= 15 is 0 Å². The molecular formula is C22H22N2O4. The molecule has 144 valence electrons. The molecule has 0 aliphatic heterocycles. The van der Waals surface area contributed by atoms with E-state index in [4.69, 9.17) is 9.47 Å². The summed E-state index contributed by atoms with van der Waals surface area (Å²) in [5.41, 5.74) is 2.94. The Labute approximate surface area is 163 Å². The van der Waals surface area contributed by atoms with Gasteiger partial charge in [0.25, 0.3) is 11.7 Å². The molecule has 0 aliphatic rings. The summed E-state index contributed by atoms with van der Waals surface area (Å²) in [6, 6.07) is 16.4. The van der Waals surface area contributed by atoms with Crippen molar-refractivity contribution in [3.05, 3.63) is 77.6 Å². The number of nitrogens with one attached hydrogen (secondary N) is 1. The van der Waals surface area contributed by atoms with Crippen LogP contribution in [0.1, 0.15) is 21.6 Å². The lowest BCUT2D eigenvalue weighted by Crippen LogP contribution is -2.25. The highest BCUT2D eigenvalue weighted by molar-refractivity contribution is 6.46. The molecule has 2 aromatic carbocycles. The Morgan fingerprint density at radius 3 is 2.43 bits per heavy atom. The molecule has 1 N–H and O–H groups in total. The van der Waals surface area contributed by atoms with Crippen molar-refractivity contribution in [2.75, 3.05) is 19.5 Å². The molecular weight excluding hydrogens is 356 g/mol. The minimum absolute atomic E-state index is 0.325. The highest BCUT2D eigenvalue weighted by Crippen LogP contribution is 2.29. The number of ether oxygens (including phenoxy) is 2. The van der Waals surface area contributed by atoms with Crippen LogP contribution in [-0.2, 0) is 11.3 Å². The lowest BCUT2D eigenvalue weighted by atomic mass is 10.1. The van der Waals surface area contributed by atoms with E-state index in [1.165, 1.54) is 12.7 Å². The Hall–Kier alpha value is -3.54. The number of methoxy groups -OCH3 is 2. The maximum atomic E-state index is 12.7. The summed E-state index contributed by atoms with van der Waals surface area (Å²) in [4.78, 5) is 25.2. The molecule has 3 rings (SSSR count). The number of nitrogens with zero attached hydrogens (tertiary/aromatic N) is 1. The fraction of sp³-hybridized carbons (Fsp3) is 0.182. The van der Waals surface area contributed by atoms with Gasteiger partial charge in [0.05, 0.1) is 25.6 Å². The van der Waals surface area contributed by atoms with Crippen LogP contribution in [0.2, 0.25) is 0 Å². The van der Waals surface area contributed by atoms with Crippen molar-refractivity contribution in [2.45, 2.75) is 13.5 Å². The van der Waals surface area contributed by atoms with Crippen molar-refractivity contribution in [2.24, 2.45) is 0 Å². The highest BCUT2D eigenvalue weighted by Gasteiger charge is 2.21. The summed E-state index contributed by atoms with van der Waals surface area (Å²) in [5.74, 6) is -0.342. The number of ketones is 1. The zero-order chi connectivity index (χ0) is 20.1. The Kier molecular flexibility index (Phi) is 5.79. The van der Waals surface area contributed by atoms with E-state index in [2.05, 4.69) is 5.32 Å². The van der Waals surface area contributed by atoms with Gasteiger partial charge in [0.2, 0.25) is 0 Å². The molecule has 0 saturated carbocycles. The van der Waals surface area contributed by atoms with E-state index in [1.54, 1.807) is 48.2 Å². The third-order valence-corrected chi connectivity index (χ3v) is 4.40. The maximum absolute atomic E-state index is 12.7. The standard InChI is InChI=1S/C22H22N2O4/c1-15-6-8-16(9-7-15)14-24-12-4-5-19(24)21(25)22(26)23-18-11-10-17(27-2)13-20(18)28-3/h4-13H,14H2,1-3H3,(H,23,26). The van der Waals surface area contributed by atoms with E-state index in [9.17, 15) is 9.59 Å². The Morgan fingerprint density at radius 1 is 1.00 bits per heavy atom. The zero-order valence-electron chi connectivity index (χ0n) is 16.1. The number of carbonyl (C=O) groups is 2. The second kappa shape index (κ2) is 8.43. The number of hydrogen-bond donors (Lipinski definition) is 1. The fourth-order valence-electron chi connectivity index (χ4n) is 2.85. The zero-order valence-corrected chi connectivity index (χ0v) is 16.1. The molecule has 1 aromatic heterocycles. The minimum Gasteiger partial charge on any atom is -0.497 e. The Balaban J connectivity index is 1.77. The predicted octanol–water partition coefficient (Wildman–Crippen LogP) is 3.68. The summed E-state index contributed by atoms with van der Waals surface area (Å²) in [7, 11) is 3.03. The van der Waals surface area contributed by atoms with E-state index in [0.29, 0.717) is 29.4 Å². The van der Waals surface area contributed by atoms with Crippen LogP contribution in [0.25, 0.3) is 0 Å². The van der Waals surface area contributed by atoms with Gasteiger partial charge >= 0.3 is 0 Å². The van der Waals surface area contributed by atoms with Crippen molar-refractivity contribution in [1.82, 2.24) is 4.57 Å². The number of benzene rings is 2. The van der Waals surface area contributed by atoms with Crippen molar-refractivity contribution in [3.8, 4) is 11.5 Å². The molecule has 0 unspecified atom stereocenters. The first kappa shape index (κ1) is 19.2. The quantitative estimate of drug-likeness (QED) is 0.503. The highest BCUT2D eigenvalue weighted by atomic mass is 16.5. The number of rotatable bonds is 7. The largest absolute Gasteiger partial charge is 0.497 e. The number of carbonyl (C=O) groups excluding carboxylic acids is 2. The van der Waals surface area contributed by atoms with E-state index in [-0.39, 0.29) is 0 Å². The Bertz CT molecular complexity index is 990. The molecule has 0 spiro atoms. The van der Waals surface area contributed by atoms with Gasteiger partial charge in [-0.3, -0.25) is 9.59 Å². The van der Waals surface area contributed by atoms with Gasteiger partial charge < -0.3 is 19.4 Å². The average molecular weight is 378 g/mol. The van der Waals surface area contributed by atoms with Crippen molar-refractivity contribution < 1.29 is 19.1 Å². The lowest BCUT2D eigenvalue weighted by molar-refractivity contribution is -0.112. The van der Waals surface area contributed by atoms with Crippen LogP contribution >= 0.6 is 0 Å². The van der Waals surface area contributed by atoms with Gasteiger partial charge in [-0.15, -0.1) is 0 Å². The predicted molar refractivity (Wildman–Crippen MR) is 107 cm³/mol. The van der Waals surface area contributed by atoms with Crippen LogP contribution in [0, 0.1) is 6.92 Å². The summed E-state index contributed by atoms with van der Waals surface area (Å²) >= 11 is 0. The number of hydrogen-bond acceptors (Lipinski definition) is 4. The SMILES string of the molecule is COc1ccc(NC(=O)C(=O)c2cccn2Cc2ccc(C)cc2)c(OC)c1. The molecule has 6 heteroatoms. The van der Waals surface area contributed by atoms with Gasteiger partial charge in [-0.05, 0) is 36.8 Å². The lowest BCUT2D eigenvalue weighted by Gasteiger charge is -2.12. The molecule has 0 aliphatic carbocycles. The van der Waals surface area contributed by atoms with Gasteiger partial charge in [-0.25, -0.2) is 0 Å². The molecule has 0 radical (unpaired) electrons. The molecule has 0 fully saturated rings. The second-order valence-electron chi connectivity index (χ2n) is 6.36. The van der Waals surface area contributed by atoms with E-state index in [1.807, 2.05) is 31.2 Å². The first-order valence-electron chi connectivity index (χ1n) is 8.80. The number of anilines is 1. The van der Waals surface area contributed by atoms with Gasteiger partial charge in [0, 0.05) is 18.8 Å². The second-order valence-corrected chi connectivity index (χ2v) is 6.36. The van der Waals surface area contributed by atoms with Crippen molar-refractivity contribution in [3.63, 3.8) is 0 Å². The molecule has 1 amide bonds. The van der Waals surface area contributed by atoms with Crippen LogP contribution in [0.3, 0.4) is 0 Å². The third-order valence-electron chi connectivity index (χ3n) is 4.40. The topological polar surface area (TPSA) is 69.6 Å². The van der Waals surface area contributed by atoms with Crippen molar-refractivity contribution in [1.29, 1.82) is 0 Å². The number of aryl methyl sites for hydroxylation is 1. The third kappa shape index (κ3) is 4.23. The summed E-state index contributed by atoms with van der Waals surface area (Å²) in [6.45, 7) is 2.53. The van der Waals surface area contributed by atoms with Crippen molar-refractivity contribution >= 4 is 17.4 Å². The van der Waals surface area contributed by atoms with Crippen LogP contribution in [0.15, 0.2) is 60.8 Å². The summed E-state index contributed by atoms with van der Waals surface area (Å²) in [6.07, 6.45) is 1.79. The molecule has 0 saturated heterocycles. The Morgan fingerprint density at radius 2 is 1.75 bits per heavy atom. The number of aromatic nitrogens is 1. The first-order valence-corrected chi connectivity index (χ1v) is 8.80. The number of Topliss-reactive ketones (excluding diaryl/α,β-unsaturated/α-hetero) is 1. The van der Waals surface area contributed by atoms with Gasteiger partial charge in [-0.2, -0.15) is 0 Å². The summed E-state index contributed by atoms with van der Waals surface area (Å²) in [5, 5.41) is 2.62. The molecule has 0 atom stereocenters. The normalized spacial score (nSPS) is 10.4. The molecule has 0 bridgehead atoms. The van der Waals surface area contributed by atoms with Crippen LogP contribution < -0.4 is 14.8 Å². The fourth-order valence-corrected chi connectivity index (χ4v) is 2.85. The van der Waals surface area contributed by atoms with Crippen LogP contribution in [0.5, 0.6) is 11.5 Å². The van der Waals surface area contributed by atoms with Gasteiger partial charge in [0.1, 0.15) is 11.5 Å². The van der Waals surface area contributed by atoms with E-state index < -0.39 is 11.7 Å². The minimum atomic E-state index is -0.729. The average Bonchev–Trinajstić information content (AvgIpc) is 3.17. The van der Waals surface area contributed by atoms with Gasteiger partial charge in [0.15, 0.2) is 0 Å². The molecule has 1 heterocycles. The van der Waals surface area contributed by atoms with Gasteiger partial charge in [-0.1, -0.05) is 29.8 Å².